The maximum atomic E-state index is 13.4. The van der Waals surface area contributed by atoms with Gasteiger partial charge in [0.2, 0.25) is 0 Å². The first-order valence-corrected chi connectivity index (χ1v) is 12.4. The number of pyridine rings is 1. The molecule has 164 valence electrons. The molecule has 0 N–H and O–H groups in total. The molecule has 1 aromatic carbocycles. The van der Waals surface area contributed by atoms with Crippen molar-refractivity contribution in [2.24, 2.45) is 7.05 Å². The van der Waals surface area contributed by atoms with Crippen molar-refractivity contribution in [3.05, 3.63) is 45.1 Å². The largest absolute Gasteiger partial charge is 0.370 e. The molecule has 0 aliphatic carbocycles. The van der Waals surface area contributed by atoms with Crippen molar-refractivity contribution in [2.75, 3.05) is 24.5 Å². The quantitative estimate of drug-likeness (QED) is 0.337. The van der Waals surface area contributed by atoms with Gasteiger partial charge in [0.1, 0.15) is 4.32 Å². The standard InChI is InChI=1S/C24H29N3O2S2/c1-3-4-5-8-15-27-23(29)20(31-24(27)30)16-18-21(26-13-9-10-14-26)17-11-6-7-12-19(17)25(2)22(18)28/h6-7,11-12,16H,3-5,8-10,13-15H2,1-2H3. The fraction of sp³-hybridized carbons (Fsp3) is 0.458. The highest BCUT2D eigenvalue weighted by Crippen LogP contribution is 2.37. The van der Waals surface area contributed by atoms with Crippen LogP contribution in [0.4, 0.5) is 5.69 Å². The van der Waals surface area contributed by atoms with E-state index in [1.165, 1.54) is 11.8 Å². The van der Waals surface area contributed by atoms with E-state index in [2.05, 4.69) is 17.9 Å². The molecule has 7 heteroatoms. The maximum absolute atomic E-state index is 13.4. The van der Waals surface area contributed by atoms with Crippen molar-refractivity contribution in [1.29, 1.82) is 0 Å². The van der Waals surface area contributed by atoms with Gasteiger partial charge in [0.15, 0.2) is 0 Å². The Morgan fingerprint density at radius 3 is 2.58 bits per heavy atom. The van der Waals surface area contributed by atoms with Crippen molar-refractivity contribution in [3.8, 4) is 0 Å². The van der Waals surface area contributed by atoms with Gasteiger partial charge in [0.05, 0.1) is 21.7 Å². The van der Waals surface area contributed by atoms with Crippen LogP contribution >= 0.6 is 24.0 Å². The molecule has 4 rings (SSSR count). The van der Waals surface area contributed by atoms with Gasteiger partial charge in [-0.25, -0.2) is 0 Å². The highest BCUT2D eigenvalue weighted by Gasteiger charge is 2.32. The van der Waals surface area contributed by atoms with Gasteiger partial charge in [-0.05, 0) is 31.4 Å². The van der Waals surface area contributed by atoms with Crippen molar-refractivity contribution < 1.29 is 4.79 Å². The number of nitrogens with zero attached hydrogens (tertiary/aromatic N) is 3. The average Bonchev–Trinajstić information content (AvgIpc) is 3.39. The second-order valence-corrected chi connectivity index (χ2v) is 9.91. The van der Waals surface area contributed by atoms with Crippen LogP contribution in [0, 0.1) is 0 Å². The fourth-order valence-electron chi connectivity index (χ4n) is 4.43. The minimum absolute atomic E-state index is 0.0749. The second kappa shape index (κ2) is 9.57. The third-order valence-electron chi connectivity index (χ3n) is 6.12. The zero-order valence-electron chi connectivity index (χ0n) is 18.2. The lowest BCUT2D eigenvalue weighted by Crippen LogP contribution is -2.29. The molecule has 2 aliphatic heterocycles. The number of carbonyl (C=O) groups is 1. The summed E-state index contributed by atoms with van der Waals surface area (Å²) in [5, 5.41) is 1.05. The highest BCUT2D eigenvalue weighted by molar-refractivity contribution is 8.26. The van der Waals surface area contributed by atoms with Crippen LogP contribution in [0.3, 0.4) is 0 Å². The van der Waals surface area contributed by atoms with Gasteiger partial charge >= 0.3 is 0 Å². The summed E-state index contributed by atoms with van der Waals surface area (Å²) in [6.45, 7) is 4.67. The van der Waals surface area contributed by atoms with Crippen LogP contribution in [0.1, 0.15) is 51.0 Å². The minimum atomic E-state index is -0.0752. The topological polar surface area (TPSA) is 45.6 Å². The summed E-state index contributed by atoms with van der Waals surface area (Å²) in [6.07, 6.45) is 8.38. The highest BCUT2D eigenvalue weighted by atomic mass is 32.2. The van der Waals surface area contributed by atoms with Crippen LogP contribution in [-0.4, -0.2) is 39.3 Å². The molecule has 0 spiro atoms. The van der Waals surface area contributed by atoms with E-state index in [-0.39, 0.29) is 11.5 Å². The number of aromatic nitrogens is 1. The Balaban J connectivity index is 1.76. The monoisotopic (exact) mass is 455 g/mol. The van der Waals surface area contributed by atoms with Crippen molar-refractivity contribution in [2.45, 2.75) is 45.4 Å². The predicted octanol–water partition coefficient (Wildman–Crippen LogP) is 4.92. The van der Waals surface area contributed by atoms with Gasteiger partial charge in [0.25, 0.3) is 11.5 Å². The average molecular weight is 456 g/mol. The van der Waals surface area contributed by atoms with Crippen LogP contribution < -0.4 is 10.5 Å². The summed E-state index contributed by atoms with van der Waals surface area (Å²) in [6, 6.07) is 8.01. The SMILES string of the molecule is CCCCCCN1C(=O)C(=Cc2c(N3CCCC3)c3ccccc3n(C)c2=O)SC1=S. The Hall–Kier alpha value is -2.12. The number of thiocarbonyl (C=S) groups is 1. The zero-order chi connectivity index (χ0) is 22.0. The van der Waals surface area contributed by atoms with E-state index in [0.717, 1.165) is 68.2 Å². The molecule has 0 unspecified atom stereocenters. The number of hydrogen-bond acceptors (Lipinski definition) is 5. The van der Waals surface area contributed by atoms with Gasteiger partial charge in [0, 0.05) is 32.1 Å². The third kappa shape index (κ3) is 4.30. The molecule has 1 aromatic heterocycles. The summed E-state index contributed by atoms with van der Waals surface area (Å²) in [7, 11) is 1.80. The number of anilines is 1. The molecule has 5 nitrogen and oxygen atoms in total. The normalized spacial score (nSPS) is 18.2. The number of hydrogen-bond donors (Lipinski definition) is 0. The molecule has 3 heterocycles. The molecule has 0 saturated carbocycles. The summed E-state index contributed by atoms with van der Waals surface area (Å²) in [5.74, 6) is -0.0749. The van der Waals surface area contributed by atoms with E-state index in [9.17, 15) is 9.59 Å². The van der Waals surface area contributed by atoms with E-state index >= 15 is 0 Å². The van der Waals surface area contributed by atoms with Crippen LogP contribution in [0.25, 0.3) is 17.0 Å². The lowest BCUT2D eigenvalue weighted by Gasteiger charge is -2.23. The lowest BCUT2D eigenvalue weighted by atomic mass is 10.1. The van der Waals surface area contributed by atoms with E-state index in [1.54, 1.807) is 22.6 Å². The zero-order valence-corrected chi connectivity index (χ0v) is 19.9. The Morgan fingerprint density at radius 1 is 1.10 bits per heavy atom. The van der Waals surface area contributed by atoms with E-state index in [4.69, 9.17) is 12.2 Å². The number of thioether (sulfide) groups is 1. The van der Waals surface area contributed by atoms with Crippen LogP contribution in [0.5, 0.6) is 0 Å². The first-order chi connectivity index (χ1) is 15.0. The number of carbonyl (C=O) groups excluding carboxylic acids is 1. The van der Waals surface area contributed by atoms with Gasteiger partial charge in [-0.2, -0.15) is 0 Å². The first kappa shape index (κ1) is 22.1. The number of aryl methyl sites for hydroxylation is 1. The van der Waals surface area contributed by atoms with E-state index < -0.39 is 0 Å². The molecule has 2 aromatic rings. The third-order valence-corrected chi connectivity index (χ3v) is 7.50. The molecule has 31 heavy (non-hydrogen) atoms. The maximum Gasteiger partial charge on any atom is 0.266 e. The van der Waals surface area contributed by atoms with Gasteiger partial charge in [-0.15, -0.1) is 0 Å². The Kier molecular flexibility index (Phi) is 6.82. The summed E-state index contributed by atoms with van der Waals surface area (Å²) in [4.78, 5) is 31.0. The molecule has 0 atom stereocenters. The van der Waals surface area contributed by atoms with Gasteiger partial charge in [-0.1, -0.05) is 68.4 Å². The molecule has 2 fully saturated rings. The Bertz CT molecular complexity index is 1100. The van der Waals surface area contributed by atoms with Crippen molar-refractivity contribution in [3.63, 3.8) is 0 Å². The number of benzene rings is 1. The van der Waals surface area contributed by atoms with Crippen LogP contribution in [0.2, 0.25) is 0 Å². The Labute approximate surface area is 193 Å². The van der Waals surface area contributed by atoms with E-state index in [1.807, 2.05) is 18.2 Å². The smallest absolute Gasteiger partial charge is 0.266 e. The summed E-state index contributed by atoms with van der Waals surface area (Å²) in [5.41, 5.74) is 2.38. The predicted molar refractivity (Wildman–Crippen MR) is 135 cm³/mol. The van der Waals surface area contributed by atoms with Gasteiger partial charge < -0.3 is 9.47 Å². The fourth-order valence-corrected chi connectivity index (χ4v) is 5.73. The molecular formula is C24H29N3O2S2. The van der Waals surface area contributed by atoms with Gasteiger partial charge in [-0.3, -0.25) is 14.5 Å². The van der Waals surface area contributed by atoms with Crippen LogP contribution in [-0.2, 0) is 11.8 Å². The molecule has 2 aliphatic rings. The summed E-state index contributed by atoms with van der Waals surface area (Å²) >= 11 is 6.81. The number of rotatable bonds is 7. The second-order valence-electron chi connectivity index (χ2n) is 8.23. The molecular weight excluding hydrogens is 426 g/mol. The molecule has 0 bridgehead atoms. The minimum Gasteiger partial charge on any atom is -0.370 e. The summed E-state index contributed by atoms with van der Waals surface area (Å²) < 4.78 is 2.28. The molecule has 2 saturated heterocycles. The van der Waals surface area contributed by atoms with Crippen molar-refractivity contribution >= 4 is 56.9 Å². The Morgan fingerprint density at radius 2 is 1.84 bits per heavy atom. The number of amides is 1. The van der Waals surface area contributed by atoms with Crippen molar-refractivity contribution in [1.82, 2.24) is 9.47 Å². The lowest BCUT2D eigenvalue weighted by molar-refractivity contribution is -0.122. The molecule has 0 radical (unpaired) electrons. The number of unbranched alkanes of at least 4 members (excludes halogenated alkanes) is 3. The first-order valence-electron chi connectivity index (χ1n) is 11.1. The number of para-hydroxylation sites is 1. The van der Waals surface area contributed by atoms with E-state index in [0.29, 0.717) is 21.3 Å². The van der Waals surface area contributed by atoms with Crippen LogP contribution in [0.15, 0.2) is 34.0 Å². The molecule has 1 amide bonds. The number of fused-ring (bicyclic) bond motifs is 1.